The molecule has 0 fully saturated rings. The van der Waals surface area contributed by atoms with Crippen LogP contribution in [0.15, 0.2) is 70.5 Å². The van der Waals surface area contributed by atoms with Crippen LogP contribution in [0.3, 0.4) is 0 Å². The number of fused-ring (bicyclic) bond motifs is 2. The highest BCUT2D eigenvalue weighted by Gasteiger charge is 2.31. The summed E-state index contributed by atoms with van der Waals surface area (Å²) < 4.78 is 0. The Bertz CT molecular complexity index is 1030. The van der Waals surface area contributed by atoms with Gasteiger partial charge in [0.25, 0.3) is 0 Å². The van der Waals surface area contributed by atoms with E-state index in [2.05, 4.69) is 26.0 Å². The van der Waals surface area contributed by atoms with Crippen LogP contribution < -0.4 is 0 Å². The molecule has 0 aliphatic heterocycles. The van der Waals surface area contributed by atoms with Gasteiger partial charge in [-0.1, -0.05) is 60.3 Å². The van der Waals surface area contributed by atoms with E-state index >= 15 is 0 Å². The van der Waals surface area contributed by atoms with Crippen LogP contribution in [0.2, 0.25) is 0 Å². The lowest BCUT2D eigenvalue weighted by Crippen LogP contribution is -2.21. The van der Waals surface area contributed by atoms with Crippen LogP contribution in [-0.4, -0.2) is 11.6 Å². The molecular weight excluding hydrogens is 328 g/mol. The molecule has 1 aliphatic rings. The molecular formula is C22H16O2S. The molecule has 0 spiro atoms. The molecule has 0 atom stereocenters. The first-order valence-corrected chi connectivity index (χ1v) is 8.95. The Morgan fingerprint density at radius 3 is 2.00 bits per heavy atom. The van der Waals surface area contributed by atoms with E-state index in [9.17, 15) is 9.59 Å². The van der Waals surface area contributed by atoms with Crippen molar-refractivity contribution in [2.24, 2.45) is 0 Å². The Kier molecular flexibility index (Phi) is 3.81. The average Bonchev–Trinajstić information content (AvgIpc) is 2.63. The van der Waals surface area contributed by atoms with Gasteiger partial charge in [-0.25, -0.2) is 0 Å². The Morgan fingerprint density at radius 2 is 1.24 bits per heavy atom. The normalized spacial score (nSPS) is 12.7. The van der Waals surface area contributed by atoms with Crippen LogP contribution in [0, 0.1) is 13.8 Å². The summed E-state index contributed by atoms with van der Waals surface area (Å²) in [6, 6.07) is 18.7. The molecule has 0 aromatic heterocycles. The van der Waals surface area contributed by atoms with Gasteiger partial charge in [-0.15, -0.1) is 0 Å². The summed E-state index contributed by atoms with van der Waals surface area (Å²) in [6.07, 6.45) is 0. The standard InChI is InChI=1S/C22H16O2S/c1-13-7-5-11-18(14(13)2)25-19-12-6-10-17-20(19)22(24)16-9-4-3-8-15(16)21(17)23/h3-12H,1-2H3. The summed E-state index contributed by atoms with van der Waals surface area (Å²) >= 11 is 1.55. The fourth-order valence-electron chi connectivity index (χ4n) is 3.15. The van der Waals surface area contributed by atoms with E-state index in [4.69, 9.17) is 0 Å². The number of carbonyl (C=O) groups is 2. The summed E-state index contributed by atoms with van der Waals surface area (Å²) in [6.45, 7) is 4.15. The zero-order valence-electron chi connectivity index (χ0n) is 14.0. The van der Waals surface area contributed by atoms with Crippen LogP contribution in [0.4, 0.5) is 0 Å². The molecule has 0 saturated heterocycles. The van der Waals surface area contributed by atoms with E-state index in [1.54, 1.807) is 42.1 Å². The van der Waals surface area contributed by atoms with Gasteiger partial charge >= 0.3 is 0 Å². The summed E-state index contributed by atoms with van der Waals surface area (Å²) in [5.74, 6) is -0.146. The monoisotopic (exact) mass is 344 g/mol. The number of rotatable bonds is 2. The second-order valence-electron chi connectivity index (χ2n) is 6.18. The Balaban J connectivity index is 1.87. The van der Waals surface area contributed by atoms with E-state index in [1.807, 2.05) is 18.2 Å². The van der Waals surface area contributed by atoms with Gasteiger partial charge in [-0.05, 0) is 37.1 Å². The fourth-order valence-corrected chi connectivity index (χ4v) is 4.30. The topological polar surface area (TPSA) is 34.1 Å². The van der Waals surface area contributed by atoms with E-state index in [0.717, 1.165) is 9.79 Å². The summed E-state index contributed by atoms with van der Waals surface area (Å²) in [5, 5.41) is 0. The average molecular weight is 344 g/mol. The zero-order valence-corrected chi connectivity index (χ0v) is 14.8. The molecule has 122 valence electrons. The maximum absolute atomic E-state index is 13.1. The molecule has 25 heavy (non-hydrogen) atoms. The molecule has 3 aromatic carbocycles. The van der Waals surface area contributed by atoms with Crippen LogP contribution >= 0.6 is 11.8 Å². The first kappa shape index (κ1) is 15.9. The molecule has 3 heteroatoms. The van der Waals surface area contributed by atoms with Crippen molar-refractivity contribution in [1.29, 1.82) is 0 Å². The molecule has 0 bridgehead atoms. The lowest BCUT2D eigenvalue weighted by molar-refractivity contribution is 0.0977. The van der Waals surface area contributed by atoms with Gasteiger partial charge in [0, 0.05) is 32.0 Å². The number of hydrogen-bond acceptors (Lipinski definition) is 3. The maximum Gasteiger partial charge on any atom is 0.195 e. The number of hydrogen-bond donors (Lipinski definition) is 0. The van der Waals surface area contributed by atoms with Gasteiger partial charge in [-0.3, -0.25) is 9.59 Å². The van der Waals surface area contributed by atoms with Crippen molar-refractivity contribution in [2.45, 2.75) is 23.6 Å². The van der Waals surface area contributed by atoms with Gasteiger partial charge < -0.3 is 0 Å². The first-order chi connectivity index (χ1) is 12.1. The summed E-state index contributed by atoms with van der Waals surface area (Å²) in [5.41, 5.74) is 4.42. The predicted molar refractivity (Wildman–Crippen MR) is 99.8 cm³/mol. The lowest BCUT2D eigenvalue weighted by atomic mass is 9.84. The molecule has 0 heterocycles. The van der Waals surface area contributed by atoms with Crippen molar-refractivity contribution in [3.8, 4) is 0 Å². The van der Waals surface area contributed by atoms with Crippen LogP contribution in [0.1, 0.15) is 43.0 Å². The zero-order chi connectivity index (χ0) is 17.6. The van der Waals surface area contributed by atoms with Crippen molar-refractivity contribution in [3.63, 3.8) is 0 Å². The fraction of sp³-hybridized carbons (Fsp3) is 0.0909. The number of aryl methyl sites for hydroxylation is 1. The number of benzene rings is 3. The van der Waals surface area contributed by atoms with Crippen LogP contribution in [0.5, 0.6) is 0 Å². The van der Waals surface area contributed by atoms with E-state index in [0.29, 0.717) is 22.3 Å². The van der Waals surface area contributed by atoms with Crippen molar-refractivity contribution in [1.82, 2.24) is 0 Å². The van der Waals surface area contributed by atoms with Crippen molar-refractivity contribution < 1.29 is 9.59 Å². The van der Waals surface area contributed by atoms with Crippen LogP contribution in [0.25, 0.3) is 0 Å². The van der Waals surface area contributed by atoms with Gasteiger partial charge in [0.2, 0.25) is 0 Å². The highest BCUT2D eigenvalue weighted by molar-refractivity contribution is 7.99. The molecule has 0 radical (unpaired) electrons. The van der Waals surface area contributed by atoms with Crippen molar-refractivity contribution >= 4 is 23.3 Å². The molecule has 4 rings (SSSR count). The summed E-state index contributed by atoms with van der Waals surface area (Å²) in [7, 11) is 0. The highest BCUT2D eigenvalue weighted by atomic mass is 32.2. The second kappa shape index (κ2) is 6.01. The molecule has 3 aromatic rings. The first-order valence-electron chi connectivity index (χ1n) is 8.13. The summed E-state index contributed by atoms with van der Waals surface area (Å²) in [4.78, 5) is 27.8. The molecule has 0 saturated carbocycles. The second-order valence-corrected chi connectivity index (χ2v) is 7.27. The third-order valence-corrected chi connectivity index (χ3v) is 5.91. The minimum absolute atomic E-state index is 0.0707. The minimum Gasteiger partial charge on any atom is -0.289 e. The Labute approximate surface area is 150 Å². The van der Waals surface area contributed by atoms with Crippen LogP contribution in [-0.2, 0) is 0 Å². The van der Waals surface area contributed by atoms with Crippen molar-refractivity contribution in [2.75, 3.05) is 0 Å². The van der Waals surface area contributed by atoms with Gasteiger partial charge in [-0.2, -0.15) is 0 Å². The lowest BCUT2D eigenvalue weighted by Gasteiger charge is -2.20. The van der Waals surface area contributed by atoms with E-state index < -0.39 is 0 Å². The molecule has 0 unspecified atom stereocenters. The SMILES string of the molecule is Cc1cccc(Sc2cccc3c2C(=O)c2ccccc2C3=O)c1C. The van der Waals surface area contributed by atoms with Gasteiger partial charge in [0.1, 0.15) is 0 Å². The minimum atomic E-state index is -0.0754. The quantitative estimate of drug-likeness (QED) is 0.499. The highest BCUT2D eigenvalue weighted by Crippen LogP contribution is 2.38. The third-order valence-electron chi connectivity index (χ3n) is 4.69. The van der Waals surface area contributed by atoms with Crippen molar-refractivity contribution in [3.05, 3.63) is 94.0 Å². The predicted octanol–water partition coefficient (Wildman–Crippen LogP) is 5.23. The third kappa shape index (κ3) is 2.52. The van der Waals surface area contributed by atoms with E-state index in [1.165, 1.54) is 11.1 Å². The molecule has 2 nitrogen and oxygen atoms in total. The maximum atomic E-state index is 13.1. The number of carbonyl (C=O) groups excluding carboxylic acids is 2. The molecule has 0 amide bonds. The van der Waals surface area contributed by atoms with Gasteiger partial charge in [0.15, 0.2) is 11.6 Å². The molecule has 1 aliphatic carbocycles. The largest absolute Gasteiger partial charge is 0.289 e. The van der Waals surface area contributed by atoms with Gasteiger partial charge in [0.05, 0.1) is 0 Å². The molecule has 0 N–H and O–H groups in total. The van der Waals surface area contributed by atoms with E-state index in [-0.39, 0.29) is 11.6 Å². The smallest absolute Gasteiger partial charge is 0.195 e. The Morgan fingerprint density at radius 1 is 0.640 bits per heavy atom. The number of ketones is 2. The Hall–Kier alpha value is -2.65.